The molecule has 0 saturated heterocycles. The molecule has 0 radical (unpaired) electrons. The van der Waals surface area contributed by atoms with E-state index in [-0.39, 0.29) is 6.42 Å². The monoisotopic (exact) mass is 235 g/mol. The van der Waals surface area contributed by atoms with Gasteiger partial charge in [0.2, 0.25) is 0 Å². The Morgan fingerprint density at radius 3 is 2.86 bits per heavy atom. The van der Waals surface area contributed by atoms with Crippen molar-refractivity contribution in [3.8, 4) is 0 Å². The van der Waals surface area contributed by atoms with Crippen molar-refractivity contribution in [2.45, 2.75) is 23.8 Å². The van der Waals surface area contributed by atoms with Gasteiger partial charge in [-0.3, -0.25) is 4.79 Å². The van der Waals surface area contributed by atoms with E-state index in [1.165, 1.54) is 0 Å². The highest BCUT2D eigenvalue weighted by Crippen LogP contribution is 2.32. The first kappa shape index (κ1) is 11.6. The Labute approximate surface area is 92.2 Å². The van der Waals surface area contributed by atoms with E-state index in [4.69, 9.17) is 34.0 Å². The van der Waals surface area contributed by atoms with Crippen molar-refractivity contribution in [3.05, 3.63) is 23.3 Å². The summed E-state index contributed by atoms with van der Waals surface area (Å²) in [6, 6.07) is -0.942. The molecule has 0 aromatic rings. The zero-order valence-corrected chi connectivity index (χ0v) is 8.92. The van der Waals surface area contributed by atoms with Gasteiger partial charge in [0.25, 0.3) is 0 Å². The minimum atomic E-state index is -1.04. The van der Waals surface area contributed by atoms with E-state index in [0.717, 1.165) is 0 Å². The molecule has 14 heavy (non-hydrogen) atoms. The molecule has 1 unspecified atom stereocenters. The number of aliphatic carboxylic acids is 1. The summed E-state index contributed by atoms with van der Waals surface area (Å²) >= 11 is 11.9. The summed E-state index contributed by atoms with van der Waals surface area (Å²) in [7, 11) is 0. The number of alkyl halides is 1. The van der Waals surface area contributed by atoms with Crippen LogP contribution >= 0.6 is 23.2 Å². The summed E-state index contributed by atoms with van der Waals surface area (Å²) in [5.41, 5.74) is 5.40. The first-order chi connectivity index (χ1) is 6.43. The van der Waals surface area contributed by atoms with Crippen molar-refractivity contribution >= 4 is 29.2 Å². The minimum Gasteiger partial charge on any atom is -0.480 e. The van der Waals surface area contributed by atoms with Crippen LogP contribution in [0.2, 0.25) is 0 Å². The van der Waals surface area contributed by atoms with Gasteiger partial charge in [0.15, 0.2) is 0 Å². The van der Waals surface area contributed by atoms with Crippen molar-refractivity contribution in [2.75, 3.05) is 0 Å². The average molecular weight is 236 g/mol. The lowest BCUT2D eigenvalue weighted by Crippen LogP contribution is -2.37. The van der Waals surface area contributed by atoms with Crippen molar-refractivity contribution in [1.29, 1.82) is 0 Å². The molecule has 1 rings (SSSR count). The second kappa shape index (κ2) is 4.34. The minimum absolute atomic E-state index is 0.195. The van der Waals surface area contributed by atoms with Gasteiger partial charge in [-0.15, -0.1) is 11.6 Å². The fraction of sp³-hybridized carbons (Fsp3) is 0.444. The van der Waals surface area contributed by atoms with Crippen LogP contribution in [0.15, 0.2) is 23.3 Å². The summed E-state index contributed by atoms with van der Waals surface area (Å²) < 4.78 is 0. The van der Waals surface area contributed by atoms with Gasteiger partial charge >= 0.3 is 5.97 Å². The normalized spacial score (nSPS) is 28.4. The Morgan fingerprint density at radius 2 is 2.43 bits per heavy atom. The van der Waals surface area contributed by atoms with E-state index < -0.39 is 16.9 Å². The lowest BCUT2D eigenvalue weighted by atomic mass is 9.92. The fourth-order valence-electron chi connectivity index (χ4n) is 1.24. The summed E-state index contributed by atoms with van der Waals surface area (Å²) in [4.78, 5) is 9.82. The van der Waals surface area contributed by atoms with E-state index in [1.807, 2.05) is 0 Å². The average Bonchev–Trinajstić information content (AvgIpc) is 2.10. The first-order valence-corrected chi connectivity index (χ1v) is 4.91. The van der Waals surface area contributed by atoms with E-state index in [9.17, 15) is 4.79 Å². The first-order valence-electron chi connectivity index (χ1n) is 4.15. The maximum atomic E-state index is 10.5. The third kappa shape index (κ3) is 3.01. The molecule has 0 aromatic carbocycles. The maximum absolute atomic E-state index is 10.5. The second-order valence-electron chi connectivity index (χ2n) is 3.31. The van der Waals surface area contributed by atoms with Crippen LogP contribution < -0.4 is 5.73 Å². The number of carbonyl (C=O) groups is 1. The molecule has 0 spiro atoms. The molecule has 78 valence electrons. The molecular weight excluding hydrogens is 225 g/mol. The second-order valence-corrected chi connectivity index (χ2v) is 4.50. The van der Waals surface area contributed by atoms with E-state index in [0.29, 0.717) is 11.5 Å². The highest BCUT2D eigenvalue weighted by molar-refractivity contribution is 6.32. The number of halogens is 2. The predicted molar refractivity (Wildman–Crippen MR) is 56.5 cm³/mol. The summed E-state index contributed by atoms with van der Waals surface area (Å²) in [5.74, 6) is -1.04. The highest BCUT2D eigenvalue weighted by atomic mass is 35.5. The third-order valence-corrected chi connectivity index (χ3v) is 2.77. The third-order valence-electron chi connectivity index (χ3n) is 2.05. The molecule has 1 aliphatic carbocycles. The van der Waals surface area contributed by atoms with Crippen LogP contribution in [0.25, 0.3) is 0 Å². The van der Waals surface area contributed by atoms with Crippen LogP contribution in [-0.4, -0.2) is 22.0 Å². The molecule has 0 heterocycles. The Bertz CT molecular complexity index is 301. The van der Waals surface area contributed by atoms with Crippen LogP contribution in [0.5, 0.6) is 0 Å². The largest absolute Gasteiger partial charge is 0.480 e. The van der Waals surface area contributed by atoms with Crippen LogP contribution in [0.3, 0.4) is 0 Å². The zero-order valence-electron chi connectivity index (χ0n) is 7.41. The molecule has 0 bridgehead atoms. The van der Waals surface area contributed by atoms with E-state index in [1.54, 1.807) is 18.2 Å². The zero-order chi connectivity index (χ0) is 10.8. The van der Waals surface area contributed by atoms with Crippen LogP contribution in [-0.2, 0) is 4.79 Å². The summed E-state index contributed by atoms with van der Waals surface area (Å²) in [6.07, 6.45) is 5.81. The van der Waals surface area contributed by atoms with E-state index in [2.05, 4.69) is 0 Å². The lowest BCUT2D eigenvalue weighted by Gasteiger charge is -2.26. The number of rotatable bonds is 3. The van der Waals surface area contributed by atoms with Gasteiger partial charge in [0.05, 0.1) is 4.87 Å². The van der Waals surface area contributed by atoms with Gasteiger partial charge in [-0.1, -0.05) is 23.8 Å². The van der Waals surface area contributed by atoms with Gasteiger partial charge in [-0.2, -0.15) is 0 Å². The lowest BCUT2D eigenvalue weighted by molar-refractivity contribution is -0.138. The van der Waals surface area contributed by atoms with Crippen LogP contribution in [0.4, 0.5) is 0 Å². The van der Waals surface area contributed by atoms with Crippen molar-refractivity contribution in [1.82, 2.24) is 0 Å². The fourth-order valence-corrected chi connectivity index (χ4v) is 1.68. The molecule has 0 amide bonds. The highest BCUT2D eigenvalue weighted by Gasteiger charge is 2.30. The molecule has 5 heteroatoms. The number of carboxylic acid groups (broad SMARTS) is 1. The van der Waals surface area contributed by atoms with E-state index >= 15 is 0 Å². The number of hydrogen-bond acceptors (Lipinski definition) is 2. The van der Waals surface area contributed by atoms with Gasteiger partial charge in [-0.25, -0.2) is 0 Å². The SMILES string of the molecule is N[C@@H](CC1(Cl)C=CC(Cl)=CC1)C(=O)O. The standard InChI is InChI=1S/C9H11Cl2NO2/c10-6-1-3-9(11,4-2-6)5-7(12)8(13)14/h1-3,7H,4-5,12H2,(H,13,14)/t7-,9?/m0/s1. The number of allylic oxidation sites excluding steroid dienone is 4. The van der Waals surface area contributed by atoms with Crippen molar-refractivity contribution in [2.24, 2.45) is 5.73 Å². The van der Waals surface area contributed by atoms with Crippen molar-refractivity contribution in [3.63, 3.8) is 0 Å². The molecule has 1 aliphatic rings. The Kier molecular flexibility index (Phi) is 3.59. The molecule has 0 saturated carbocycles. The summed E-state index contributed by atoms with van der Waals surface area (Å²) in [5, 5.41) is 9.25. The quantitative estimate of drug-likeness (QED) is 0.735. The molecule has 2 atom stereocenters. The van der Waals surface area contributed by atoms with Crippen LogP contribution in [0, 0.1) is 0 Å². The number of carboxylic acids is 1. The molecule has 0 aliphatic heterocycles. The Balaban J connectivity index is 2.61. The number of nitrogens with two attached hydrogens (primary N) is 1. The topological polar surface area (TPSA) is 63.3 Å². The molecule has 0 aromatic heterocycles. The Morgan fingerprint density at radius 1 is 1.79 bits per heavy atom. The molecule has 0 fully saturated rings. The Hall–Kier alpha value is -0.510. The van der Waals surface area contributed by atoms with Gasteiger partial charge in [-0.05, 0) is 18.9 Å². The molecular formula is C9H11Cl2NO2. The summed E-state index contributed by atoms with van der Waals surface area (Å²) in [6.45, 7) is 0. The van der Waals surface area contributed by atoms with Gasteiger partial charge < -0.3 is 10.8 Å². The number of hydrogen-bond donors (Lipinski definition) is 2. The van der Waals surface area contributed by atoms with Crippen molar-refractivity contribution < 1.29 is 9.90 Å². The van der Waals surface area contributed by atoms with Gasteiger partial charge in [0.1, 0.15) is 6.04 Å². The smallest absolute Gasteiger partial charge is 0.320 e. The predicted octanol–water partition coefficient (Wildman–Crippen LogP) is 1.85. The molecule has 3 N–H and O–H groups in total. The van der Waals surface area contributed by atoms with Gasteiger partial charge in [0, 0.05) is 5.03 Å². The maximum Gasteiger partial charge on any atom is 0.320 e. The molecule has 3 nitrogen and oxygen atoms in total. The van der Waals surface area contributed by atoms with Crippen LogP contribution in [0.1, 0.15) is 12.8 Å².